The van der Waals surface area contributed by atoms with Crippen LogP contribution in [0.1, 0.15) is 13.3 Å². The van der Waals surface area contributed by atoms with Crippen LogP contribution in [0, 0.1) is 0 Å². The number of hydrogen-bond acceptors (Lipinski definition) is 7. The highest BCUT2D eigenvalue weighted by Crippen LogP contribution is 2.24. The fourth-order valence-corrected chi connectivity index (χ4v) is 24.0. The van der Waals surface area contributed by atoms with E-state index in [4.69, 9.17) is 25.6 Å². The van der Waals surface area contributed by atoms with Crippen LogP contribution in [-0.2, 0) is 25.6 Å². The van der Waals surface area contributed by atoms with E-state index in [1.165, 1.54) is 0 Å². The van der Waals surface area contributed by atoms with Gasteiger partial charge in [-0.3, -0.25) is 0 Å². The van der Waals surface area contributed by atoms with Gasteiger partial charge in [0.1, 0.15) is 0 Å². The molecule has 32 heavy (non-hydrogen) atoms. The number of aliphatic hydroxyl groups excluding tert-OH is 1. The number of ether oxygens (including phenoxy) is 1. The molecule has 0 fully saturated rings. The lowest BCUT2D eigenvalue weighted by molar-refractivity contribution is -0.0111. The predicted molar refractivity (Wildman–Crippen MR) is 148 cm³/mol. The highest BCUT2D eigenvalue weighted by Gasteiger charge is 2.43. The summed E-state index contributed by atoms with van der Waals surface area (Å²) in [6, 6.07) is 0. The molecule has 194 valence electrons. The van der Waals surface area contributed by atoms with E-state index in [2.05, 4.69) is 92.0 Å². The summed E-state index contributed by atoms with van der Waals surface area (Å²) in [5.74, 6) is 0. The maximum Gasteiger partial charge on any atom is 0.333 e. The molecule has 0 saturated carbocycles. The average Bonchev–Trinajstić information content (AvgIpc) is 2.46. The third-order valence-corrected chi connectivity index (χ3v) is 21.4. The number of aliphatic hydroxyl groups is 1. The van der Waals surface area contributed by atoms with Gasteiger partial charge in [0.25, 0.3) is 0 Å². The summed E-state index contributed by atoms with van der Waals surface area (Å²) in [6.45, 7) is 30.3. The van der Waals surface area contributed by atoms with E-state index in [1.807, 2.05) is 0 Å². The number of hydrogen-bond donors (Lipinski definition) is 1. The van der Waals surface area contributed by atoms with Crippen molar-refractivity contribution in [3.05, 3.63) is 0 Å². The molecule has 13 heteroatoms. The van der Waals surface area contributed by atoms with E-state index >= 15 is 0 Å². The lowest BCUT2D eigenvalue weighted by Gasteiger charge is -2.40. The Hall–Kier alpha value is 1.02. The zero-order chi connectivity index (χ0) is 25.6. The third-order valence-electron chi connectivity index (χ3n) is 3.82. The smallest absolute Gasteiger partial charge is 0.333 e. The Bertz CT molecular complexity index is 514. The fourth-order valence-electron chi connectivity index (χ4n) is 3.28. The molecule has 1 N–H and O–H groups in total. The SMILES string of the molecule is CCC(OCC(O)CO[Si](C)(C)C)[SiH](O[Si](C)(C)O[Si](C)(C)C)O[Si](C)(C)O[Si](C)(C)C. The largest absolute Gasteiger partial charge is 0.437 e. The Kier molecular flexibility index (Phi) is 13.2. The maximum absolute atomic E-state index is 10.4. The monoisotopic (exact) mass is 560 g/mol. The minimum Gasteiger partial charge on any atom is -0.437 e. The predicted octanol–water partition coefficient (Wildman–Crippen LogP) is 4.89. The van der Waals surface area contributed by atoms with Crippen molar-refractivity contribution in [2.24, 2.45) is 0 Å². The average molecular weight is 561 g/mol. The Labute approximate surface area is 205 Å². The molecule has 0 spiro atoms. The summed E-state index contributed by atoms with van der Waals surface area (Å²) < 4.78 is 38.2. The second-order valence-corrected chi connectivity index (χ2v) is 35.8. The standard InChI is InChI=1S/C19H52O7Si6/c1-15-19(21-16-18(20)17-22-28(2,3)4)27(23-31(11,12)25-29(5,6)7)24-32(13,14)26-30(8,9)10/h18-20,27H,15-17H2,1-14H3. The molecular formula is C19H52O7Si6. The minimum atomic E-state index is -2.42. The molecule has 0 bridgehead atoms. The normalized spacial score (nSPS) is 16.5. The van der Waals surface area contributed by atoms with E-state index in [1.54, 1.807) is 0 Å². The van der Waals surface area contributed by atoms with Gasteiger partial charge in [-0.15, -0.1) is 0 Å². The summed E-state index contributed by atoms with van der Waals surface area (Å²) in [5.41, 5.74) is -0.203. The molecule has 7 nitrogen and oxygen atoms in total. The molecular weight excluding hydrogens is 509 g/mol. The highest BCUT2D eigenvalue weighted by molar-refractivity contribution is 6.86. The van der Waals surface area contributed by atoms with Gasteiger partial charge < -0.3 is 30.7 Å². The summed E-state index contributed by atoms with van der Waals surface area (Å²) in [5, 5.41) is 10.4. The molecule has 0 aromatic rings. The molecule has 0 heterocycles. The van der Waals surface area contributed by atoms with Crippen LogP contribution < -0.4 is 0 Å². The van der Waals surface area contributed by atoms with Gasteiger partial charge in [0, 0.05) is 0 Å². The lowest BCUT2D eigenvalue weighted by Crippen LogP contribution is -2.57. The van der Waals surface area contributed by atoms with Crippen LogP contribution in [0.15, 0.2) is 0 Å². The fraction of sp³-hybridized carbons (Fsp3) is 1.00. The van der Waals surface area contributed by atoms with Crippen LogP contribution in [-0.4, -0.2) is 81.5 Å². The van der Waals surface area contributed by atoms with Crippen molar-refractivity contribution in [3.8, 4) is 0 Å². The van der Waals surface area contributed by atoms with E-state index in [0.717, 1.165) is 6.42 Å². The van der Waals surface area contributed by atoms with Crippen molar-refractivity contribution in [3.63, 3.8) is 0 Å². The molecule has 0 aromatic heterocycles. The summed E-state index contributed by atoms with van der Waals surface area (Å²) in [6.07, 6.45) is 0.0743. The molecule has 0 radical (unpaired) electrons. The van der Waals surface area contributed by atoms with Gasteiger partial charge in [0.15, 0.2) is 25.0 Å². The van der Waals surface area contributed by atoms with Gasteiger partial charge in [0.2, 0.25) is 0 Å². The highest BCUT2D eigenvalue weighted by atomic mass is 28.5. The molecule has 0 aromatic carbocycles. The van der Waals surface area contributed by atoms with Gasteiger partial charge in [-0.25, -0.2) is 0 Å². The first kappa shape index (κ1) is 33.0. The number of rotatable bonds is 16. The van der Waals surface area contributed by atoms with Crippen LogP contribution >= 0.6 is 0 Å². The van der Waals surface area contributed by atoms with E-state index < -0.39 is 57.5 Å². The maximum atomic E-state index is 10.4. The molecule has 0 aliphatic rings. The van der Waals surface area contributed by atoms with Gasteiger partial charge in [-0.05, 0) is 91.5 Å². The zero-order valence-electron chi connectivity index (χ0n) is 23.3. The van der Waals surface area contributed by atoms with Crippen LogP contribution in [0.2, 0.25) is 85.1 Å². The van der Waals surface area contributed by atoms with Gasteiger partial charge in [-0.2, -0.15) is 0 Å². The van der Waals surface area contributed by atoms with Gasteiger partial charge in [-0.1, -0.05) is 6.92 Å². The van der Waals surface area contributed by atoms with Crippen molar-refractivity contribution in [1.29, 1.82) is 0 Å². The molecule has 2 atom stereocenters. The van der Waals surface area contributed by atoms with Crippen LogP contribution in [0.3, 0.4) is 0 Å². The zero-order valence-corrected chi connectivity index (χ0v) is 29.4. The molecule has 0 aliphatic heterocycles. The topological polar surface area (TPSA) is 75.6 Å². The van der Waals surface area contributed by atoms with E-state index in [9.17, 15) is 5.11 Å². The molecule has 0 amide bonds. The van der Waals surface area contributed by atoms with Crippen molar-refractivity contribution in [2.75, 3.05) is 13.2 Å². The van der Waals surface area contributed by atoms with Crippen LogP contribution in [0.4, 0.5) is 0 Å². The minimum absolute atomic E-state index is 0.201. The third kappa shape index (κ3) is 17.5. The first-order chi connectivity index (χ1) is 14.0. The Morgan fingerprint density at radius 1 is 0.656 bits per heavy atom. The quantitative estimate of drug-likeness (QED) is 0.269. The van der Waals surface area contributed by atoms with Crippen molar-refractivity contribution in [2.45, 2.75) is 110 Å². The molecule has 0 aliphatic carbocycles. The first-order valence-corrected chi connectivity index (χ1v) is 29.2. The lowest BCUT2D eigenvalue weighted by atomic mass is 10.4. The first-order valence-electron chi connectivity index (χ1n) is 11.7. The molecule has 0 saturated heterocycles. The van der Waals surface area contributed by atoms with E-state index in [-0.39, 0.29) is 18.9 Å². The van der Waals surface area contributed by atoms with Crippen molar-refractivity contribution >= 4 is 51.4 Å². The Morgan fingerprint density at radius 3 is 1.38 bits per heavy atom. The second-order valence-electron chi connectivity index (χ2n) is 12.2. The Balaban J connectivity index is 5.47. The molecule has 2 unspecified atom stereocenters. The van der Waals surface area contributed by atoms with Crippen molar-refractivity contribution in [1.82, 2.24) is 0 Å². The molecule has 0 rings (SSSR count). The summed E-state index contributed by atoms with van der Waals surface area (Å²) >= 11 is 0. The van der Waals surface area contributed by atoms with E-state index in [0.29, 0.717) is 0 Å². The Morgan fingerprint density at radius 2 is 1.06 bits per heavy atom. The van der Waals surface area contributed by atoms with Crippen molar-refractivity contribution < 1.29 is 30.7 Å². The summed E-state index contributed by atoms with van der Waals surface area (Å²) in [4.78, 5) is 0. The van der Waals surface area contributed by atoms with Crippen LogP contribution in [0.5, 0.6) is 0 Å². The van der Waals surface area contributed by atoms with Gasteiger partial charge in [0.05, 0.1) is 25.0 Å². The van der Waals surface area contributed by atoms with Gasteiger partial charge >= 0.3 is 26.4 Å². The second kappa shape index (κ2) is 12.8. The summed E-state index contributed by atoms with van der Waals surface area (Å²) in [7, 11) is -12.4. The van der Waals surface area contributed by atoms with Crippen LogP contribution in [0.25, 0.3) is 0 Å².